The van der Waals surface area contributed by atoms with Crippen LogP contribution in [0.15, 0.2) is 42.5 Å². The van der Waals surface area contributed by atoms with Crippen molar-refractivity contribution in [3.63, 3.8) is 0 Å². The van der Waals surface area contributed by atoms with Crippen LogP contribution in [0.1, 0.15) is 5.56 Å². The van der Waals surface area contributed by atoms with Crippen LogP contribution in [0, 0.1) is 6.92 Å². The van der Waals surface area contributed by atoms with E-state index in [0.717, 1.165) is 26.7 Å². The molecule has 2 aromatic carbocycles. The Kier molecular flexibility index (Phi) is 2.64. The molecule has 0 saturated heterocycles. The predicted molar refractivity (Wildman–Crippen MR) is 78.5 cm³/mol. The number of rotatable bonds is 2. The van der Waals surface area contributed by atoms with E-state index in [0.29, 0.717) is 0 Å². The lowest BCUT2D eigenvalue weighted by molar-refractivity contribution is 1.41. The van der Waals surface area contributed by atoms with Gasteiger partial charge in [0.1, 0.15) is 0 Å². The molecular formula is C14H13N3S. The Labute approximate surface area is 109 Å². The predicted octanol–water partition coefficient (Wildman–Crippen LogP) is 3.93. The fraction of sp³-hybridized carbons (Fsp3) is 0.0714. The number of aryl methyl sites for hydroxylation is 1. The van der Waals surface area contributed by atoms with E-state index in [1.807, 2.05) is 30.3 Å². The van der Waals surface area contributed by atoms with E-state index in [4.69, 9.17) is 5.73 Å². The molecule has 0 spiro atoms. The quantitative estimate of drug-likeness (QED) is 0.682. The summed E-state index contributed by atoms with van der Waals surface area (Å²) in [4.78, 5) is 4.53. The number of fused-ring (bicyclic) bond motifs is 1. The van der Waals surface area contributed by atoms with Crippen LogP contribution in [0.3, 0.4) is 0 Å². The highest BCUT2D eigenvalue weighted by molar-refractivity contribution is 7.22. The molecule has 0 atom stereocenters. The normalized spacial score (nSPS) is 10.7. The summed E-state index contributed by atoms with van der Waals surface area (Å²) in [5, 5.41) is 4.21. The number of thiazole rings is 1. The highest BCUT2D eigenvalue weighted by Gasteiger charge is 2.04. The van der Waals surface area contributed by atoms with Gasteiger partial charge in [0, 0.05) is 11.4 Å². The second-order valence-electron chi connectivity index (χ2n) is 4.24. The third kappa shape index (κ3) is 2.15. The topological polar surface area (TPSA) is 50.9 Å². The van der Waals surface area contributed by atoms with Crippen molar-refractivity contribution in [1.82, 2.24) is 4.98 Å². The number of nitrogens with one attached hydrogen (secondary N) is 1. The van der Waals surface area contributed by atoms with Crippen LogP contribution in [0.25, 0.3) is 10.2 Å². The summed E-state index contributed by atoms with van der Waals surface area (Å²) in [6.45, 7) is 2.07. The first-order valence-corrected chi connectivity index (χ1v) is 6.52. The van der Waals surface area contributed by atoms with Crippen molar-refractivity contribution in [2.45, 2.75) is 6.92 Å². The van der Waals surface area contributed by atoms with Gasteiger partial charge in [0.05, 0.1) is 10.2 Å². The number of aromatic nitrogens is 1. The van der Waals surface area contributed by atoms with Gasteiger partial charge in [-0.3, -0.25) is 0 Å². The van der Waals surface area contributed by atoms with Crippen molar-refractivity contribution < 1.29 is 0 Å². The third-order valence-electron chi connectivity index (χ3n) is 2.68. The Hall–Kier alpha value is -2.07. The smallest absolute Gasteiger partial charge is 0.188 e. The Balaban J connectivity index is 1.95. The molecular weight excluding hydrogens is 242 g/mol. The van der Waals surface area contributed by atoms with Crippen LogP contribution in [0.2, 0.25) is 0 Å². The Morgan fingerprint density at radius 2 is 2.06 bits per heavy atom. The molecule has 0 fully saturated rings. The number of nitrogens with two attached hydrogens (primary N) is 1. The molecule has 4 heteroatoms. The maximum absolute atomic E-state index is 5.76. The fourth-order valence-electron chi connectivity index (χ4n) is 1.84. The van der Waals surface area contributed by atoms with Gasteiger partial charge < -0.3 is 11.1 Å². The Morgan fingerprint density at radius 3 is 2.89 bits per heavy atom. The molecule has 0 amide bonds. The van der Waals surface area contributed by atoms with Gasteiger partial charge in [-0.1, -0.05) is 23.5 Å². The van der Waals surface area contributed by atoms with Crippen LogP contribution >= 0.6 is 11.3 Å². The molecule has 3 rings (SSSR count). The largest absolute Gasteiger partial charge is 0.399 e. The molecule has 0 saturated carbocycles. The number of hydrogen-bond acceptors (Lipinski definition) is 4. The molecule has 3 N–H and O–H groups in total. The molecule has 1 heterocycles. The average molecular weight is 255 g/mol. The van der Waals surface area contributed by atoms with E-state index in [1.165, 1.54) is 5.56 Å². The van der Waals surface area contributed by atoms with Crippen molar-refractivity contribution in [3.05, 3.63) is 48.0 Å². The SMILES string of the molecule is Cc1cccc(Nc2nc3ccc(N)cc3s2)c1. The highest BCUT2D eigenvalue weighted by atomic mass is 32.1. The van der Waals surface area contributed by atoms with Gasteiger partial charge >= 0.3 is 0 Å². The monoisotopic (exact) mass is 255 g/mol. The lowest BCUT2D eigenvalue weighted by Gasteiger charge is -2.02. The zero-order chi connectivity index (χ0) is 12.5. The van der Waals surface area contributed by atoms with E-state index in [1.54, 1.807) is 11.3 Å². The molecule has 0 bridgehead atoms. The van der Waals surface area contributed by atoms with Gasteiger partial charge in [-0.05, 0) is 42.8 Å². The molecule has 1 aromatic heterocycles. The van der Waals surface area contributed by atoms with Gasteiger partial charge in [0.25, 0.3) is 0 Å². The lowest BCUT2D eigenvalue weighted by Crippen LogP contribution is -1.88. The first kappa shape index (κ1) is 11.0. The molecule has 0 aliphatic rings. The summed E-state index contributed by atoms with van der Waals surface area (Å²) >= 11 is 1.61. The summed E-state index contributed by atoms with van der Waals surface area (Å²) < 4.78 is 1.10. The minimum atomic E-state index is 0.772. The third-order valence-corrected chi connectivity index (χ3v) is 3.62. The first-order valence-electron chi connectivity index (χ1n) is 5.70. The standard InChI is InChI=1S/C14H13N3S/c1-9-3-2-4-11(7-9)16-14-17-12-6-5-10(15)8-13(12)18-14/h2-8H,15H2,1H3,(H,16,17). The van der Waals surface area contributed by atoms with E-state index >= 15 is 0 Å². The Bertz CT molecular complexity index is 703. The zero-order valence-electron chi connectivity index (χ0n) is 9.97. The highest BCUT2D eigenvalue weighted by Crippen LogP contribution is 2.29. The molecule has 0 unspecified atom stereocenters. The number of hydrogen-bond donors (Lipinski definition) is 2. The molecule has 3 nitrogen and oxygen atoms in total. The first-order chi connectivity index (χ1) is 8.70. The maximum Gasteiger partial charge on any atom is 0.188 e. The number of benzene rings is 2. The van der Waals surface area contributed by atoms with Gasteiger partial charge in [0.15, 0.2) is 5.13 Å². The number of nitrogens with zero attached hydrogens (tertiary/aromatic N) is 1. The van der Waals surface area contributed by atoms with E-state index < -0.39 is 0 Å². The zero-order valence-corrected chi connectivity index (χ0v) is 10.8. The maximum atomic E-state index is 5.76. The van der Waals surface area contributed by atoms with E-state index in [2.05, 4.69) is 29.4 Å². The second-order valence-corrected chi connectivity index (χ2v) is 5.27. The van der Waals surface area contributed by atoms with E-state index in [9.17, 15) is 0 Å². The lowest BCUT2D eigenvalue weighted by atomic mass is 10.2. The van der Waals surface area contributed by atoms with Crippen LogP contribution < -0.4 is 11.1 Å². The second kappa shape index (κ2) is 4.31. The summed E-state index contributed by atoms with van der Waals surface area (Å²) in [7, 11) is 0. The Morgan fingerprint density at radius 1 is 1.17 bits per heavy atom. The van der Waals surface area contributed by atoms with Gasteiger partial charge in [0.2, 0.25) is 0 Å². The number of nitrogen functional groups attached to an aromatic ring is 1. The van der Waals surface area contributed by atoms with Crippen molar-refractivity contribution in [3.8, 4) is 0 Å². The minimum Gasteiger partial charge on any atom is -0.399 e. The van der Waals surface area contributed by atoms with Gasteiger partial charge in [-0.2, -0.15) is 0 Å². The van der Waals surface area contributed by atoms with Crippen LogP contribution in [0.5, 0.6) is 0 Å². The van der Waals surface area contributed by atoms with E-state index in [-0.39, 0.29) is 0 Å². The van der Waals surface area contributed by atoms with Gasteiger partial charge in [-0.15, -0.1) is 0 Å². The molecule has 90 valence electrons. The number of anilines is 3. The molecule has 18 heavy (non-hydrogen) atoms. The van der Waals surface area contributed by atoms with Crippen molar-refractivity contribution in [1.29, 1.82) is 0 Å². The van der Waals surface area contributed by atoms with Crippen LogP contribution in [-0.2, 0) is 0 Å². The summed E-state index contributed by atoms with van der Waals surface area (Å²) in [6.07, 6.45) is 0. The van der Waals surface area contributed by atoms with Crippen molar-refractivity contribution in [2.75, 3.05) is 11.1 Å². The molecule has 3 aromatic rings. The average Bonchev–Trinajstić information content (AvgIpc) is 2.70. The van der Waals surface area contributed by atoms with Crippen molar-refractivity contribution in [2.24, 2.45) is 0 Å². The van der Waals surface area contributed by atoms with Gasteiger partial charge in [-0.25, -0.2) is 4.98 Å². The summed E-state index contributed by atoms with van der Waals surface area (Å²) in [5.41, 5.74) is 9.80. The summed E-state index contributed by atoms with van der Waals surface area (Å²) in [6, 6.07) is 14.0. The minimum absolute atomic E-state index is 0.772. The summed E-state index contributed by atoms with van der Waals surface area (Å²) in [5.74, 6) is 0. The molecule has 0 radical (unpaired) electrons. The fourth-order valence-corrected chi connectivity index (χ4v) is 2.78. The molecule has 0 aliphatic carbocycles. The van der Waals surface area contributed by atoms with Crippen LogP contribution in [0.4, 0.5) is 16.5 Å². The van der Waals surface area contributed by atoms with Crippen molar-refractivity contribution >= 4 is 38.1 Å². The van der Waals surface area contributed by atoms with Crippen LogP contribution in [-0.4, -0.2) is 4.98 Å². The molecule has 0 aliphatic heterocycles.